The number of rotatable bonds is 4. The van der Waals surface area contributed by atoms with Crippen molar-refractivity contribution >= 4 is 33.2 Å². The van der Waals surface area contributed by atoms with Crippen LogP contribution in [-0.4, -0.2) is 13.3 Å². The molecule has 0 radical (unpaired) electrons. The number of benzene rings is 2. The van der Waals surface area contributed by atoms with Crippen molar-refractivity contribution in [1.29, 1.82) is 0 Å². The molecule has 0 aliphatic carbocycles. The minimum Gasteiger partial charge on any atom is -0.454 e. The van der Waals surface area contributed by atoms with Crippen molar-refractivity contribution in [2.24, 2.45) is 5.73 Å². The summed E-state index contributed by atoms with van der Waals surface area (Å²) in [6.07, 6.45) is 0. The maximum atomic E-state index is 6.00. The van der Waals surface area contributed by atoms with Gasteiger partial charge in [-0.15, -0.1) is 0 Å². The third-order valence-corrected chi connectivity index (χ3v) is 4.51. The first-order valence-electron chi connectivity index (χ1n) is 6.48. The van der Waals surface area contributed by atoms with E-state index in [1.165, 1.54) is 0 Å². The summed E-state index contributed by atoms with van der Waals surface area (Å²) in [7, 11) is 0. The third kappa shape index (κ3) is 3.10. The lowest BCUT2D eigenvalue weighted by atomic mass is 10.1. The molecule has 6 heteroatoms. The van der Waals surface area contributed by atoms with E-state index in [1.54, 1.807) is 0 Å². The molecule has 0 saturated carbocycles. The van der Waals surface area contributed by atoms with Gasteiger partial charge in [-0.1, -0.05) is 17.7 Å². The van der Waals surface area contributed by atoms with Gasteiger partial charge in [0.1, 0.15) is 0 Å². The largest absolute Gasteiger partial charge is 0.454 e. The Morgan fingerprint density at radius 2 is 2.00 bits per heavy atom. The lowest BCUT2D eigenvalue weighted by Crippen LogP contribution is -2.20. The molecule has 4 nitrogen and oxygen atoms in total. The van der Waals surface area contributed by atoms with E-state index in [2.05, 4.69) is 21.2 Å². The summed E-state index contributed by atoms with van der Waals surface area (Å²) < 4.78 is 11.6. The van der Waals surface area contributed by atoms with Gasteiger partial charge in [0.15, 0.2) is 11.5 Å². The zero-order valence-corrected chi connectivity index (χ0v) is 13.4. The van der Waals surface area contributed by atoms with Crippen LogP contribution in [-0.2, 0) is 0 Å². The van der Waals surface area contributed by atoms with Crippen molar-refractivity contribution in [3.8, 4) is 11.5 Å². The summed E-state index contributed by atoms with van der Waals surface area (Å²) in [6, 6.07) is 11.5. The third-order valence-electron chi connectivity index (χ3n) is 3.30. The summed E-state index contributed by atoms with van der Waals surface area (Å²) in [4.78, 5) is 0. The van der Waals surface area contributed by atoms with E-state index in [0.29, 0.717) is 11.6 Å². The van der Waals surface area contributed by atoms with Crippen LogP contribution in [0.4, 0.5) is 5.69 Å². The molecule has 3 N–H and O–H groups in total. The van der Waals surface area contributed by atoms with Gasteiger partial charge in [0, 0.05) is 16.7 Å². The molecule has 1 aliphatic rings. The van der Waals surface area contributed by atoms with E-state index < -0.39 is 0 Å². The molecule has 0 amide bonds. The zero-order chi connectivity index (χ0) is 14.8. The summed E-state index contributed by atoms with van der Waals surface area (Å²) in [5.74, 6) is 1.52. The van der Waals surface area contributed by atoms with Crippen LogP contribution in [0.15, 0.2) is 40.9 Å². The van der Waals surface area contributed by atoms with Crippen LogP contribution in [0.5, 0.6) is 11.5 Å². The van der Waals surface area contributed by atoms with Gasteiger partial charge in [-0.2, -0.15) is 0 Å². The van der Waals surface area contributed by atoms with Crippen molar-refractivity contribution in [3.05, 3.63) is 51.5 Å². The van der Waals surface area contributed by atoms with Gasteiger partial charge < -0.3 is 20.5 Å². The van der Waals surface area contributed by atoms with Gasteiger partial charge in [0.25, 0.3) is 0 Å². The molecule has 0 fully saturated rings. The van der Waals surface area contributed by atoms with Gasteiger partial charge >= 0.3 is 0 Å². The second kappa shape index (κ2) is 6.13. The van der Waals surface area contributed by atoms with Crippen LogP contribution in [0.1, 0.15) is 11.6 Å². The number of hydrogen-bond donors (Lipinski definition) is 2. The molecule has 0 saturated heterocycles. The maximum absolute atomic E-state index is 6.00. The fraction of sp³-hybridized carbons (Fsp3) is 0.200. The molecule has 21 heavy (non-hydrogen) atoms. The predicted molar refractivity (Wildman–Crippen MR) is 87.1 cm³/mol. The van der Waals surface area contributed by atoms with E-state index >= 15 is 0 Å². The Balaban J connectivity index is 1.83. The Morgan fingerprint density at radius 1 is 1.19 bits per heavy atom. The summed E-state index contributed by atoms with van der Waals surface area (Å²) >= 11 is 9.42. The lowest BCUT2D eigenvalue weighted by molar-refractivity contribution is 0.174. The van der Waals surface area contributed by atoms with Gasteiger partial charge in [0.2, 0.25) is 6.79 Å². The van der Waals surface area contributed by atoms with Crippen LogP contribution >= 0.6 is 27.5 Å². The Hall–Kier alpha value is -1.43. The molecular formula is C15H14BrClN2O2. The van der Waals surface area contributed by atoms with Crippen LogP contribution < -0.4 is 20.5 Å². The Kier molecular flexibility index (Phi) is 4.24. The van der Waals surface area contributed by atoms with Crippen LogP contribution in [0, 0.1) is 0 Å². The first-order valence-corrected chi connectivity index (χ1v) is 7.65. The number of anilines is 1. The van der Waals surface area contributed by atoms with E-state index in [1.807, 2.05) is 36.4 Å². The quantitative estimate of drug-likeness (QED) is 0.857. The first-order chi connectivity index (χ1) is 10.2. The molecule has 3 rings (SSSR count). The molecule has 1 aliphatic heterocycles. The van der Waals surface area contributed by atoms with Crippen LogP contribution in [0.2, 0.25) is 5.02 Å². The molecule has 2 aromatic rings. The average molecular weight is 370 g/mol. The van der Waals surface area contributed by atoms with Gasteiger partial charge in [-0.3, -0.25) is 0 Å². The molecule has 1 unspecified atom stereocenters. The summed E-state index contributed by atoms with van der Waals surface area (Å²) in [5, 5.41) is 4.07. The van der Waals surface area contributed by atoms with E-state index in [9.17, 15) is 0 Å². The maximum Gasteiger partial charge on any atom is 0.231 e. The predicted octanol–water partition coefficient (Wildman–Crippen LogP) is 3.94. The SMILES string of the molecule is NCC(Nc1ccc(Cl)c(Br)c1)c1ccc2c(c1)OCO2. The summed E-state index contributed by atoms with van der Waals surface area (Å²) in [5.41, 5.74) is 7.89. The standard InChI is InChI=1S/C15H14BrClN2O2/c16-11-6-10(2-3-12(11)17)19-13(7-18)9-1-4-14-15(5-9)21-8-20-14/h1-6,13,19H,7-8,18H2. The Morgan fingerprint density at radius 3 is 2.76 bits per heavy atom. The van der Waals surface area contributed by atoms with Gasteiger partial charge in [0.05, 0.1) is 11.1 Å². The van der Waals surface area contributed by atoms with Crippen LogP contribution in [0.25, 0.3) is 0 Å². The molecule has 0 bridgehead atoms. The summed E-state index contributed by atoms with van der Waals surface area (Å²) in [6.45, 7) is 0.726. The second-order valence-corrected chi connectivity index (χ2v) is 5.94. The van der Waals surface area contributed by atoms with Crippen molar-refractivity contribution in [2.45, 2.75) is 6.04 Å². The van der Waals surface area contributed by atoms with Gasteiger partial charge in [-0.05, 0) is 51.8 Å². The van der Waals surface area contributed by atoms with Crippen molar-refractivity contribution < 1.29 is 9.47 Å². The average Bonchev–Trinajstić information content (AvgIpc) is 2.95. The van der Waals surface area contributed by atoms with E-state index in [0.717, 1.165) is 27.2 Å². The lowest BCUT2D eigenvalue weighted by Gasteiger charge is -2.19. The highest BCUT2D eigenvalue weighted by Gasteiger charge is 2.17. The monoisotopic (exact) mass is 368 g/mol. The molecular weight excluding hydrogens is 356 g/mol. The van der Waals surface area contributed by atoms with Crippen molar-refractivity contribution in [2.75, 3.05) is 18.7 Å². The number of ether oxygens (including phenoxy) is 2. The molecule has 0 spiro atoms. The highest BCUT2D eigenvalue weighted by Crippen LogP contribution is 2.35. The molecule has 0 aromatic heterocycles. The number of nitrogens with one attached hydrogen (secondary N) is 1. The number of halogens is 2. The topological polar surface area (TPSA) is 56.5 Å². The highest BCUT2D eigenvalue weighted by atomic mass is 79.9. The minimum absolute atomic E-state index is 0.0208. The second-order valence-electron chi connectivity index (χ2n) is 4.67. The minimum atomic E-state index is -0.0208. The molecule has 1 atom stereocenters. The first kappa shape index (κ1) is 14.5. The number of hydrogen-bond acceptors (Lipinski definition) is 4. The van der Waals surface area contributed by atoms with Gasteiger partial charge in [-0.25, -0.2) is 0 Å². The number of nitrogens with two attached hydrogens (primary N) is 1. The smallest absolute Gasteiger partial charge is 0.231 e. The fourth-order valence-corrected chi connectivity index (χ4v) is 2.69. The molecule has 2 aromatic carbocycles. The highest BCUT2D eigenvalue weighted by molar-refractivity contribution is 9.10. The fourth-order valence-electron chi connectivity index (χ4n) is 2.20. The Labute approximate surface area is 136 Å². The molecule has 1 heterocycles. The Bertz CT molecular complexity index is 666. The van der Waals surface area contributed by atoms with Crippen molar-refractivity contribution in [1.82, 2.24) is 0 Å². The van der Waals surface area contributed by atoms with E-state index in [4.69, 9.17) is 26.8 Å². The normalized spacial score (nSPS) is 14.0. The zero-order valence-electron chi connectivity index (χ0n) is 11.1. The van der Waals surface area contributed by atoms with Crippen LogP contribution in [0.3, 0.4) is 0 Å². The van der Waals surface area contributed by atoms with E-state index in [-0.39, 0.29) is 12.8 Å². The molecule has 110 valence electrons. The van der Waals surface area contributed by atoms with Crippen molar-refractivity contribution in [3.63, 3.8) is 0 Å². The number of fused-ring (bicyclic) bond motifs is 1.